The first-order valence-corrected chi connectivity index (χ1v) is 9.55. The van der Waals surface area contributed by atoms with E-state index in [1.54, 1.807) is 12.1 Å². The fraction of sp³-hybridized carbons (Fsp3) is 0.364. The molecule has 1 fully saturated rings. The molecule has 2 N–H and O–H groups in total. The Balaban J connectivity index is 1.64. The third kappa shape index (κ3) is 4.88. The first-order chi connectivity index (χ1) is 13.0. The average Bonchev–Trinajstić information content (AvgIpc) is 2.68. The molecule has 0 bridgehead atoms. The Hall–Kier alpha value is -2.82. The van der Waals surface area contributed by atoms with E-state index in [0.29, 0.717) is 11.6 Å². The van der Waals surface area contributed by atoms with Gasteiger partial charge in [0, 0.05) is 29.5 Å². The minimum Gasteiger partial charge on any atom is -0.376 e. The molecule has 1 heterocycles. The van der Waals surface area contributed by atoms with Crippen LogP contribution in [0.15, 0.2) is 48.5 Å². The third-order valence-corrected chi connectivity index (χ3v) is 5.08. The summed E-state index contributed by atoms with van der Waals surface area (Å²) in [4.78, 5) is 27.0. The van der Waals surface area contributed by atoms with Crippen molar-refractivity contribution < 1.29 is 9.59 Å². The molecule has 2 aromatic rings. The van der Waals surface area contributed by atoms with Crippen LogP contribution in [0.25, 0.3) is 0 Å². The standard InChI is InChI=1S/C22H27N3O2/c1-16-11-12-18(22(27)24-19-9-4-3-5-10-19)14-20(16)23-15-21(26)25-13-7-6-8-17(25)2/h3-5,9-12,14,17,23H,6-8,13,15H2,1-2H3,(H,24,27). The number of hydrogen-bond donors (Lipinski definition) is 2. The Labute approximate surface area is 160 Å². The molecule has 5 heteroatoms. The summed E-state index contributed by atoms with van der Waals surface area (Å²) in [6, 6.07) is 15.2. The Morgan fingerprint density at radius 1 is 1.11 bits per heavy atom. The van der Waals surface area contributed by atoms with Crippen molar-refractivity contribution in [2.75, 3.05) is 23.7 Å². The Bertz CT molecular complexity index is 804. The van der Waals surface area contributed by atoms with Gasteiger partial charge in [-0.1, -0.05) is 24.3 Å². The molecule has 0 aliphatic carbocycles. The first kappa shape index (κ1) is 19.0. The van der Waals surface area contributed by atoms with Gasteiger partial charge in [0.1, 0.15) is 0 Å². The highest BCUT2D eigenvalue weighted by molar-refractivity contribution is 6.05. The zero-order valence-corrected chi connectivity index (χ0v) is 16.0. The average molecular weight is 365 g/mol. The molecule has 2 amide bonds. The maximum absolute atomic E-state index is 12.5. The second-order valence-electron chi connectivity index (χ2n) is 7.14. The maximum Gasteiger partial charge on any atom is 0.255 e. The van der Waals surface area contributed by atoms with Crippen LogP contribution in [0.2, 0.25) is 0 Å². The smallest absolute Gasteiger partial charge is 0.255 e. The largest absolute Gasteiger partial charge is 0.376 e. The van der Waals surface area contributed by atoms with Gasteiger partial charge in [-0.2, -0.15) is 0 Å². The van der Waals surface area contributed by atoms with Gasteiger partial charge < -0.3 is 15.5 Å². The summed E-state index contributed by atoms with van der Waals surface area (Å²) in [6.07, 6.45) is 3.33. The van der Waals surface area contributed by atoms with E-state index >= 15 is 0 Å². The number of rotatable bonds is 5. The second kappa shape index (κ2) is 8.71. The van der Waals surface area contributed by atoms with Crippen LogP contribution in [-0.2, 0) is 4.79 Å². The van der Waals surface area contributed by atoms with Gasteiger partial charge in [0.25, 0.3) is 5.91 Å². The van der Waals surface area contributed by atoms with Crippen LogP contribution in [-0.4, -0.2) is 35.8 Å². The fourth-order valence-corrected chi connectivity index (χ4v) is 3.42. The number of benzene rings is 2. The van der Waals surface area contributed by atoms with Crippen LogP contribution in [0.3, 0.4) is 0 Å². The van der Waals surface area contributed by atoms with Crippen molar-refractivity contribution in [1.29, 1.82) is 0 Å². The highest BCUT2D eigenvalue weighted by Gasteiger charge is 2.22. The summed E-state index contributed by atoms with van der Waals surface area (Å²) in [5.74, 6) is -0.0547. The van der Waals surface area contributed by atoms with Gasteiger partial charge in [-0.15, -0.1) is 0 Å². The predicted molar refractivity (Wildman–Crippen MR) is 109 cm³/mol. The number of carbonyl (C=O) groups is 2. The minimum atomic E-state index is -0.166. The van der Waals surface area contributed by atoms with Gasteiger partial charge in [-0.3, -0.25) is 9.59 Å². The van der Waals surface area contributed by atoms with Crippen LogP contribution in [0.4, 0.5) is 11.4 Å². The summed E-state index contributed by atoms with van der Waals surface area (Å²) in [6.45, 7) is 5.15. The van der Waals surface area contributed by atoms with E-state index in [1.165, 1.54) is 6.42 Å². The van der Waals surface area contributed by atoms with Crippen molar-refractivity contribution in [2.45, 2.75) is 39.2 Å². The van der Waals surface area contributed by atoms with E-state index in [2.05, 4.69) is 17.6 Å². The molecule has 1 aliphatic heterocycles. The molecule has 1 atom stereocenters. The van der Waals surface area contributed by atoms with Crippen molar-refractivity contribution in [3.05, 3.63) is 59.7 Å². The van der Waals surface area contributed by atoms with Gasteiger partial charge in [-0.25, -0.2) is 0 Å². The van der Waals surface area contributed by atoms with Gasteiger partial charge in [0.15, 0.2) is 0 Å². The molecule has 0 aromatic heterocycles. The summed E-state index contributed by atoms with van der Waals surface area (Å²) < 4.78 is 0. The van der Waals surface area contributed by atoms with Gasteiger partial charge in [-0.05, 0) is 62.9 Å². The third-order valence-electron chi connectivity index (χ3n) is 5.08. The fourth-order valence-electron chi connectivity index (χ4n) is 3.42. The van der Waals surface area contributed by atoms with E-state index in [4.69, 9.17) is 0 Å². The highest BCUT2D eigenvalue weighted by atomic mass is 16.2. The van der Waals surface area contributed by atoms with Gasteiger partial charge in [0.05, 0.1) is 6.54 Å². The lowest BCUT2D eigenvalue weighted by molar-refractivity contribution is -0.132. The summed E-state index contributed by atoms with van der Waals surface area (Å²) in [5.41, 5.74) is 3.14. The van der Waals surface area contributed by atoms with Crippen molar-refractivity contribution in [3.63, 3.8) is 0 Å². The number of anilines is 2. The maximum atomic E-state index is 12.5. The molecule has 1 aliphatic rings. The van der Waals surface area contributed by atoms with Gasteiger partial charge in [0.2, 0.25) is 5.91 Å². The molecule has 1 saturated heterocycles. The Morgan fingerprint density at radius 2 is 1.89 bits per heavy atom. The minimum absolute atomic E-state index is 0.112. The van der Waals surface area contributed by atoms with Crippen LogP contribution >= 0.6 is 0 Å². The van der Waals surface area contributed by atoms with Crippen LogP contribution in [0.5, 0.6) is 0 Å². The number of aryl methyl sites for hydroxylation is 1. The SMILES string of the molecule is Cc1ccc(C(=O)Nc2ccccc2)cc1NCC(=O)N1CCCCC1C. The van der Waals surface area contributed by atoms with Crippen molar-refractivity contribution in [1.82, 2.24) is 4.90 Å². The van der Waals surface area contributed by atoms with Crippen molar-refractivity contribution in [2.24, 2.45) is 0 Å². The molecule has 27 heavy (non-hydrogen) atoms. The zero-order valence-electron chi connectivity index (χ0n) is 16.0. The number of amides is 2. The topological polar surface area (TPSA) is 61.4 Å². The Kier molecular flexibility index (Phi) is 6.12. The summed E-state index contributed by atoms with van der Waals surface area (Å²) >= 11 is 0. The number of likely N-dealkylation sites (tertiary alicyclic amines) is 1. The quantitative estimate of drug-likeness (QED) is 0.840. The molecular formula is C22H27N3O2. The number of nitrogens with one attached hydrogen (secondary N) is 2. The van der Waals surface area contributed by atoms with Crippen LogP contribution < -0.4 is 10.6 Å². The second-order valence-corrected chi connectivity index (χ2v) is 7.14. The number of piperidine rings is 1. The molecular weight excluding hydrogens is 338 g/mol. The lowest BCUT2D eigenvalue weighted by atomic mass is 10.0. The number of para-hydroxylation sites is 1. The van der Waals surface area contributed by atoms with Gasteiger partial charge >= 0.3 is 0 Å². The molecule has 0 spiro atoms. The van der Waals surface area contributed by atoms with E-state index in [0.717, 1.165) is 36.3 Å². The molecule has 3 rings (SSSR count). The first-order valence-electron chi connectivity index (χ1n) is 9.55. The lowest BCUT2D eigenvalue weighted by Gasteiger charge is -2.33. The Morgan fingerprint density at radius 3 is 2.63 bits per heavy atom. The highest BCUT2D eigenvalue weighted by Crippen LogP contribution is 2.20. The molecule has 5 nitrogen and oxygen atoms in total. The molecule has 1 unspecified atom stereocenters. The summed E-state index contributed by atoms with van der Waals surface area (Å²) in [5, 5.41) is 6.10. The van der Waals surface area contributed by atoms with E-state index in [9.17, 15) is 9.59 Å². The molecule has 0 saturated carbocycles. The normalized spacial score (nSPS) is 16.7. The van der Waals surface area contributed by atoms with Crippen molar-refractivity contribution in [3.8, 4) is 0 Å². The van der Waals surface area contributed by atoms with Crippen LogP contribution in [0.1, 0.15) is 42.1 Å². The number of nitrogens with zero attached hydrogens (tertiary/aromatic N) is 1. The molecule has 142 valence electrons. The number of hydrogen-bond acceptors (Lipinski definition) is 3. The molecule has 0 radical (unpaired) electrons. The predicted octanol–water partition coefficient (Wildman–Crippen LogP) is 4.06. The monoisotopic (exact) mass is 365 g/mol. The number of carbonyl (C=O) groups excluding carboxylic acids is 2. The zero-order chi connectivity index (χ0) is 19.2. The summed E-state index contributed by atoms with van der Waals surface area (Å²) in [7, 11) is 0. The van der Waals surface area contributed by atoms with Crippen LogP contribution in [0, 0.1) is 6.92 Å². The van der Waals surface area contributed by atoms with E-state index in [-0.39, 0.29) is 18.4 Å². The lowest BCUT2D eigenvalue weighted by Crippen LogP contribution is -2.44. The van der Waals surface area contributed by atoms with E-state index < -0.39 is 0 Å². The van der Waals surface area contributed by atoms with E-state index in [1.807, 2.05) is 48.2 Å². The van der Waals surface area contributed by atoms with Crippen molar-refractivity contribution >= 4 is 23.2 Å². The molecule has 2 aromatic carbocycles.